The molecule has 0 spiro atoms. The van der Waals surface area contributed by atoms with Crippen LogP contribution in [0.15, 0.2) is 0 Å². The van der Waals surface area contributed by atoms with Gasteiger partial charge in [-0.3, -0.25) is 9.00 Å². The molecular weight excluding hydrogens is 170 g/mol. The highest BCUT2D eigenvalue weighted by Gasteiger charge is 2.00. The third kappa shape index (κ3) is 5.96. The molecule has 1 unspecified atom stereocenters. The van der Waals surface area contributed by atoms with Crippen LogP contribution in [0.5, 0.6) is 0 Å². The monoisotopic (exact) mass is 180 g/mol. The summed E-state index contributed by atoms with van der Waals surface area (Å²) in [5.41, 5.74) is 0. The summed E-state index contributed by atoms with van der Waals surface area (Å²) in [7, 11) is 1.39. The van der Waals surface area contributed by atoms with Gasteiger partial charge in [-0.2, -0.15) is 0 Å². The number of nitrogens with zero attached hydrogens (tertiary/aromatic N) is 1. The van der Waals surface area contributed by atoms with E-state index in [2.05, 4.69) is 0 Å². The summed E-state index contributed by atoms with van der Waals surface area (Å²) >= 11 is -2.23. The highest BCUT2D eigenvalue weighted by atomic mass is 32.2. The molecule has 11 heavy (non-hydrogen) atoms. The first-order valence-electron chi connectivity index (χ1n) is 3.06. The molecule has 0 heterocycles. The zero-order valence-corrected chi connectivity index (χ0v) is 6.97. The first-order chi connectivity index (χ1) is 5.04. The minimum absolute atomic E-state index is 0.00153. The van der Waals surface area contributed by atoms with Crippen molar-refractivity contribution < 1.29 is 18.7 Å². The molecule has 0 aromatic carbocycles. The van der Waals surface area contributed by atoms with Crippen molar-refractivity contribution in [1.82, 2.24) is 4.31 Å². The van der Waals surface area contributed by atoms with E-state index in [1.165, 1.54) is 7.05 Å². The Balaban J connectivity index is 3.39. The smallest absolute Gasteiger partial charge is 0.303 e. The number of carbonyl (C=O) groups is 1. The Morgan fingerprint density at radius 2 is 2.27 bits per heavy atom. The average Bonchev–Trinajstić information content (AvgIpc) is 1.86. The summed E-state index contributed by atoms with van der Waals surface area (Å²) < 4.78 is 21.4. The van der Waals surface area contributed by atoms with Crippen LogP contribution in [0.4, 0.5) is 0 Å². The van der Waals surface area contributed by atoms with E-state index in [4.69, 9.17) is 5.11 Å². The normalized spacial score (nSPS) is 13.4. The molecule has 0 saturated heterocycles. The first-order valence-corrected chi connectivity index (χ1v) is 4.09. The van der Waals surface area contributed by atoms with Gasteiger partial charge in [0, 0.05) is 24.2 Å². The Labute approximate surface area is 67.4 Å². The van der Waals surface area contributed by atoms with Crippen LogP contribution in [0.2, 0.25) is 0 Å². The van der Waals surface area contributed by atoms with Crippen LogP contribution in [0.25, 0.3) is 0 Å². The number of carboxylic acid groups (broad SMARTS) is 1. The van der Waals surface area contributed by atoms with Crippen molar-refractivity contribution >= 4 is 17.2 Å². The zero-order valence-electron chi connectivity index (χ0n) is 6.15. The van der Waals surface area contributed by atoms with Gasteiger partial charge in [0.2, 0.25) is 0 Å². The number of hydrogen-bond acceptors (Lipinski definition) is 3. The highest BCUT2D eigenvalue weighted by Crippen LogP contribution is 1.93. The van der Waals surface area contributed by atoms with Gasteiger partial charge in [0.15, 0.2) is 0 Å². The number of hydrogen-bond donors (Lipinski definition) is 1. The van der Waals surface area contributed by atoms with Gasteiger partial charge >= 0.3 is 5.97 Å². The summed E-state index contributed by atoms with van der Waals surface area (Å²) in [4.78, 5) is 9.98. The molecule has 1 atom stereocenters. The van der Waals surface area contributed by atoms with Crippen LogP contribution < -0.4 is 0 Å². The molecule has 0 amide bonds. The molecule has 0 aliphatic heterocycles. The molecule has 0 aromatic heterocycles. The molecule has 0 saturated carbocycles. The maximum Gasteiger partial charge on any atom is 0.303 e. The molecule has 0 bridgehead atoms. The highest BCUT2D eigenvalue weighted by molar-refractivity contribution is 7.76. The number of aliphatic carboxylic acids is 1. The minimum Gasteiger partial charge on any atom is -0.760 e. The summed E-state index contributed by atoms with van der Waals surface area (Å²) in [6.45, 7) is 0.252. The zero-order chi connectivity index (χ0) is 8.85. The van der Waals surface area contributed by atoms with Crippen LogP contribution in [-0.4, -0.2) is 37.7 Å². The van der Waals surface area contributed by atoms with Gasteiger partial charge in [-0.05, 0) is 13.5 Å². The van der Waals surface area contributed by atoms with Gasteiger partial charge in [0.1, 0.15) is 0 Å². The van der Waals surface area contributed by atoms with E-state index in [1.54, 1.807) is 0 Å². The van der Waals surface area contributed by atoms with E-state index < -0.39 is 17.2 Å². The fraction of sp³-hybridized carbons (Fsp3) is 0.800. The largest absolute Gasteiger partial charge is 0.760 e. The Bertz CT molecular complexity index is 161. The van der Waals surface area contributed by atoms with Gasteiger partial charge < -0.3 is 9.66 Å². The molecule has 0 radical (unpaired) electrons. The second-order valence-corrected chi connectivity index (χ2v) is 3.12. The van der Waals surface area contributed by atoms with E-state index in [1.807, 2.05) is 0 Å². The van der Waals surface area contributed by atoms with Gasteiger partial charge in [0.25, 0.3) is 0 Å². The predicted octanol–water partition coefficient (Wildman–Crippen LogP) is -0.423. The Hall–Kier alpha value is -0.460. The lowest BCUT2D eigenvalue weighted by molar-refractivity contribution is -0.137. The van der Waals surface area contributed by atoms with Crippen molar-refractivity contribution in [1.29, 1.82) is 0 Å². The maximum absolute atomic E-state index is 10.2. The van der Waals surface area contributed by atoms with E-state index >= 15 is 0 Å². The molecule has 0 fully saturated rings. The summed E-state index contributed by atoms with van der Waals surface area (Å²) in [5, 5.41) is 8.19. The van der Waals surface area contributed by atoms with Crippen molar-refractivity contribution in [3.05, 3.63) is 0 Å². The molecule has 0 rings (SSSR count). The molecule has 66 valence electrons. The second-order valence-electron chi connectivity index (χ2n) is 2.07. The standard InChI is InChI=1S/C5H11NO4S/c1-6(11(9)10)4-2-3-5(7)8/h2-4H2,1H3,(H,7,8)(H,9,10)/p-1. The first kappa shape index (κ1) is 10.5. The molecule has 0 aliphatic carbocycles. The summed E-state index contributed by atoms with van der Waals surface area (Å²) in [6.07, 6.45) is 0.349. The van der Waals surface area contributed by atoms with Gasteiger partial charge in [-0.25, -0.2) is 4.31 Å². The molecule has 6 heteroatoms. The third-order valence-corrected chi connectivity index (χ3v) is 1.81. The van der Waals surface area contributed by atoms with Crippen LogP contribution >= 0.6 is 0 Å². The SMILES string of the molecule is CN(CCCC(=O)O)S(=O)[O-]. The van der Waals surface area contributed by atoms with Gasteiger partial charge in [0.05, 0.1) is 0 Å². The van der Waals surface area contributed by atoms with Crippen LogP contribution in [0, 0.1) is 0 Å². The average molecular weight is 180 g/mol. The molecular formula is C5H10NO4S-. The van der Waals surface area contributed by atoms with E-state index in [-0.39, 0.29) is 13.0 Å². The quantitative estimate of drug-likeness (QED) is 0.582. The van der Waals surface area contributed by atoms with Crippen LogP contribution in [-0.2, 0) is 16.1 Å². The van der Waals surface area contributed by atoms with Crippen LogP contribution in [0.3, 0.4) is 0 Å². The Kier molecular flexibility index (Phi) is 5.01. The fourth-order valence-corrected chi connectivity index (χ4v) is 0.806. The molecule has 0 aromatic rings. The van der Waals surface area contributed by atoms with Crippen molar-refractivity contribution in [2.24, 2.45) is 0 Å². The van der Waals surface area contributed by atoms with E-state index in [9.17, 15) is 13.6 Å². The van der Waals surface area contributed by atoms with E-state index in [0.717, 1.165) is 4.31 Å². The third-order valence-electron chi connectivity index (χ3n) is 1.12. The number of carboxylic acids is 1. The summed E-state index contributed by atoms with van der Waals surface area (Å²) in [5.74, 6) is -0.907. The lowest BCUT2D eigenvalue weighted by atomic mass is 10.3. The lowest BCUT2D eigenvalue weighted by Crippen LogP contribution is -2.22. The topological polar surface area (TPSA) is 80.7 Å². The Morgan fingerprint density at radius 3 is 2.64 bits per heavy atom. The predicted molar refractivity (Wildman–Crippen MR) is 38.4 cm³/mol. The van der Waals surface area contributed by atoms with Crippen molar-refractivity contribution in [3.63, 3.8) is 0 Å². The second kappa shape index (κ2) is 5.22. The van der Waals surface area contributed by atoms with Gasteiger partial charge in [-0.1, -0.05) is 0 Å². The minimum atomic E-state index is -2.23. The van der Waals surface area contributed by atoms with Crippen molar-refractivity contribution in [3.8, 4) is 0 Å². The van der Waals surface area contributed by atoms with Crippen LogP contribution in [0.1, 0.15) is 12.8 Å². The molecule has 5 nitrogen and oxygen atoms in total. The molecule has 1 N–H and O–H groups in total. The van der Waals surface area contributed by atoms with E-state index in [0.29, 0.717) is 6.42 Å². The molecule has 0 aliphatic rings. The van der Waals surface area contributed by atoms with Crippen molar-refractivity contribution in [2.45, 2.75) is 12.8 Å². The summed E-state index contributed by atoms with van der Waals surface area (Å²) in [6, 6.07) is 0. The Morgan fingerprint density at radius 1 is 1.73 bits per heavy atom. The number of rotatable bonds is 5. The van der Waals surface area contributed by atoms with Gasteiger partial charge in [-0.15, -0.1) is 0 Å². The fourth-order valence-electron chi connectivity index (χ4n) is 0.527. The lowest BCUT2D eigenvalue weighted by Gasteiger charge is -2.17. The van der Waals surface area contributed by atoms with Crippen molar-refractivity contribution in [2.75, 3.05) is 13.6 Å². The maximum atomic E-state index is 10.2.